The van der Waals surface area contributed by atoms with Crippen molar-refractivity contribution < 1.29 is 13.9 Å². The molecule has 0 amide bonds. The van der Waals surface area contributed by atoms with Gasteiger partial charge < -0.3 is 9.47 Å². The number of benzene rings is 1. The van der Waals surface area contributed by atoms with Crippen LogP contribution < -0.4 is 4.74 Å². The van der Waals surface area contributed by atoms with E-state index in [0.717, 1.165) is 6.42 Å². The van der Waals surface area contributed by atoms with Crippen LogP contribution in [0.2, 0.25) is 0 Å². The van der Waals surface area contributed by atoms with Crippen LogP contribution in [-0.4, -0.2) is 19.3 Å². The zero-order valence-corrected chi connectivity index (χ0v) is 10.3. The van der Waals surface area contributed by atoms with Gasteiger partial charge >= 0.3 is 0 Å². The highest BCUT2D eigenvalue weighted by Crippen LogP contribution is 2.21. The van der Waals surface area contributed by atoms with E-state index < -0.39 is 0 Å². The summed E-state index contributed by atoms with van der Waals surface area (Å²) in [6.07, 6.45) is 0.719. The van der Waals surface area contributed by atoms with Crippen molar-refractivity contribution >= 4 is 0 Å². The largest absolute Gasteiger partial charge is 0.490 e. The van der Waals surface area contributed by atoms with Crippen molar-refractivity contribution in [2.45, 2.75) is 32.8 Å². The summed E-state index contributed by atoms with van der Waals surface area (Å²) in [5.41, 5.74) is 0.365. The number of hydrogen-bond donors (Lipinski definition) is 0. The quantitative estimate of drug-likeness (QED) is 0.766. The fraction of sp³-hybridized carbons (Fsp3) is 0.538. The summed E-state index contributed by atoms with van der Waals surface area (Å²) in [7, 11) is 1.66. The summed E-state index contributed by atoms with van der Waals surface area (Å²) >= 11 is 0. The molecule has 0 N–H and O–H groups in total. The van der Waals surface area contributed by atoms with E-state index in [2.05, 4.69) is 0 Å². The summed E-state index contributed by atoms with van der Waals surface area (Å²) in [6.45, 7) is 6.12. The van der Waals surface area contributed by atoms with Crippen LogP contribution in [0.3, 0.4) is 0 Å². The summed E-state index contributed by atoms with van der Waals surface area (Å²) in [6, 6.07) is 5.15. The van der Waals surface area contributed by atoms with Gasteiger partial charge in [0.1, 0.15) is 0 Å². The molecule has 0 radical (unpaired) electrons. The number of rotatable bonds is 5. The average Bonchev–Trinajstić information content (AvgIpc) is 2.24. The van der Waals surface area contributed by atoms with Gasteiger partial charge in [-0.15, -0.1) is 0 Å². The molecular weight excluding hydrogens is 207 g/mol. The first kappa shape index (κ1) is 13.0. The molecule has 0 unspecified atom stereocenters. The minimum Gasteiger partial charge on any atom is -0.490 e. The molecule has 1 aromatic rings. The summed E-state index contributed by atoms with van der Waals surface area (Å²) < 4.78 is 24.2. The van der Waals surface area contributed by atoms with Crippen LogP contribution in [-0.2, 0) is 4.74 Å². The Bertz CT molecular complexity index is 348. The highest BCUT2D eigenvalue weighted by atomic mass is 19.1. The maximum absolute atomic E-state index is 13.5. The van der Waals surface area contributed by atoms with Gasteiger partial charge in [-0.3, -0.25) is 0 Å². The molecule has 2 nitrogen and oxygen atoms in total. The Morgan fingerprint density at radius 2 is 2.00 bits per heavy atom. The van der Waals surface area contributed by atoms with Crippen molar-refractivity contribution in [1.82, 2.24) is 0 Å². The van der Waals surface area contributed by atoms with Crippen LogP contribution in [0.5, 0.6) is 5.75 Å². The Kier molecular flexibility index (Phi) is 4.30. The van der Waals surface area contributed by atoms with Crippen LogP contribution in [0.15, 0.2) is 18.2 Å². The fourth-order valence-electron chi connectivity index (χ4n) is 1.24. The van der Waals surface area contributed by atoms with E-state index in [4.69, 9.17) is 9.47 Å². The van der Waals surface area contributed by atoms with Gasteiger partial charge in [0.25, 0.3) is 0 Å². The smallest absolute Gasteiger partial charge is 0.167 e. The molecule has 0 aromatic heterocycles. The second kappa shape index (κ2) is 5.30. The molecule has 16 heavy (non-hydrogen) atoms. The molecule has 0 saturated carbocycles. The molecule has 0 fully saturated rings. The Balaban J connectivity index is 2.53. The SMILES string of the molecule is COC(C)(C)CCOc1cccc(C)c1F. The Labute approximate surface area is 96.4 Å². The predicted molar refractivity (Wildman–Crippen MR) is 62.3 cm³/mol. The second-order valence-electron chi connectivity index (χ2n) is 4.45. The minimum atomic E-state index is -0.280. The molecule has 1 aromatic carbocycles. The second-order valence-corrected chi connectivity index (χ2v) is 4.45. The zero-order chi connectivity index (χ0) is 12.2. The van der Waals surface area contributed by atoms with Gasteiger partial charge in [0, 0.05) is 13.5 Å². The fourth-order valence-corrected chi connectivity index (χ4v) is 1.24. The molecule has 0 spiro atoms. The van der Waals surface area contributed by atoms with Crippen LogP contribution >= 0.6 is 0 Å². The van der Waals surface area contributed by atoms with Gasteiger partial charge in [-0.1, -0.05) is 12.1 Å². The first-order valence-corrected chi connectivity index (χ1v) is 5.39. The molecule has 0 aliphatic rings. The normalized spacial score (nSPS) is 11.6. The van der Waals surface area contributed by atoms with Crippen LogP contribution in [0.25, 0.3) is 0 Å². The van der Waals surface area contributed by atoms with Crippen molar-refractivity contribution in [3.63, 3.8) is 0 Å². The van der Waals surface area contributed by atoms with Crippen molar-refractivity contribution in [3.05, 3.63) is 29.6 Å². The van der Waals surface area contributed by atoms with Gasteiger partial charge in [0.05, 0.1) is 12.2 Å². The molecule has 0 bridgehead atoms. The van der Waals surface area contributed by atoms with Gasteiger partial charge in [-0.05, 0) is 32.4 Å². The van der Waals surface area contributed by atoms with Crippen LogP contribution in [0.1, 0.15) is 25.8 Å². The Hall–Kier alpha value is -1.09. The summed E-state index contributed by atoms with van der Waals surface area (Å²) in [5.74, 6) is 0.0321. The van der Waals surface area contributed by atoms with Gasteiger partial charge in [-0.25, -0.2) is 4.39 Å². The number of methoxy groups -OCH3 is 1. The third-order valence-electron chi connectivity index (χ3n) is 2.67. The predicted octanol–water partition coefficient (Wildman–Crippen LogP) is 3.33. The van der Waals surface area contributed by atoms with Crippen LogP contribution in [0.4, 0.5) is 4.39 Å². The number of hydrogen-bond acceptors (Lipinski definition) is 2. The maximum atomic E-state index is 13.5. The van der Waals surface area contributed by atoms with Crippen molar-refractivity contribution in [2.24, 2.45) is 0 Å². The molecule has 0 atom stereocenters. The minimum absolute atomic E-state index is 0.236. The van der Waals surface area contributed by atoms with Crippen LogP contribution in [0, 0.1) is 12.7 Å². The van der Waals surface area contributed by atoms with Gasteiger partial charge in [0.15, 0.2) is 11.6 Å². The number of aryl methyl sites for hydroxylation is 1. The van der Waals surface area contributed by atoms with Gasteiger partial charge in [0.2, 0.25) is 0 Å². The van der Waals surface area contributed by atoms with E-state index in [-0.39, 0.29) is 11.4 Å². The molecule has 1 rings (SSSR count). The lowest BCUT2D eigenvalue weighted by atomic mass is 10.1. The van der Waals surface area contributed by atoms with Crippen molar-refractivity contribution in [2.75, 3.05) is 13.7 Å². The van der Waals surface area contributed by atoms with Crippen molar-refractivity contribution in [1.29, 1.82) is 0 Å². The van der Waals surface area contributed by atoms with E-state index in [1.165, 1.54) is 0 Å². The summed E-state index contributed by atoms with van der Waals surface area (Å²) in [4.78, 5) is 0. The first-order valence-electron chi connectivity index (χ1n) is 5.39. The summed E-state index contributed by atoms with van der Waals surface area (Å²) in [5, 5.41) is 0. The van der Waals surface area contributed by atoms with E-state index in [0.29, 0.717) is 17.9 Å². The molecular formula is C13H19FO2. The lowest BCUT2D eigenvalue weighted by Crippen LogP contribution is -2.25. The van der Waals surface area contributed by atoms with E-state index in [1.807, 2.05) is 13.8 Å². The lowest BCUT2D eigenvalue weighted by Gasteiger charge is -2.22. The third-order valence-corrected chi connectivity index (χ3v) is 2.67. The lowest BCUT2D eigenvalue weighted by molar-refractivity contribution is 0.00513. The highest BCUT2D eigenvalue weighted by Gasteiger charge is 2.16. The molecule has 0 aliphatic heterocycles. The van der Waals surface area contributed by atoms with E-state index >= 15 is 0 Å². The third kappa shape index (κ3) is 3.49. The molecule has 3 heteroatoms. The highest BCUT2D eigenvalue weighted by molar-refractivity contribution is 5.29. The van der Waals surface area contributed by atoms with Gasteiger partial charge in [-0.2, -0.15) is 0 Å². The topological polar surface area (TPSA) is 18.5 Å². The first-order chi connectivity index (χ1) is 7.46. The average molecular weight is 226 g/mol. The molecule has 0 heterocycles. The standard InChI is InChI=1S/C13H19FO2/c1-10-6-5-7-11(12(10)14)16-9-8-13(2,3)15-4/h5-7H,8-9H2,1-4H3. The van der Waals surface area contributed by atoms with E-state index in [1.54, 1.807) is 32.2 Å². The molecule has 90 valence electrons. The Morgan fingerprint density at radius 1 is 1.31 bits per heavy atom. The zero-order valence-electron chi connectivity index (χ0n) is 10.3. The van der Waals surface area contributed by atoms with Crippen molar-refractivity contribution in [3.8, 4) is 5.75 Å². The Morgan fingerprint density at radius 3 is 2.62 bits per heavy atom. The number of ether oxygens (including phenoxy) is 2. The van der Waals surface area contributed by atoms with E-state index in [9.17, 15) is 4.39 Å². The maximum Gasteiger partial charge on any atom is 0.167 e. The number of halogens is 1. The molecule has 0 aliphatic carbocycles. The monoisotopic (exact) mass is 226 g/mol. The molecule has 0 saturated heterocycles.